The summed E-state index contributed by atoms with van der Waals surface area (Å²) in [5, 5.41) is 4.32. The lowest BCUT2D eigenvalue weighted by Crippen LogP contribution is -2.06. The molecule has 3 rings (SSSR count). The van der Waals surface area contributed by atoms with E-state index in [4.69, 9.17) is 0 Å². The molecule has 0 N–H and O–H groups in total. The van der Waals surface area contributed by atoms with Crippen molar-refractivity contribution in [1.82, 2.24) is 9.61 Å². The average molecular weight is 465 g/mol. The molecule has 0 saturated carbocycles. The molecule has 2 aromatic heterocycles. The number of hydrogen-bond acceptors (Lipinski definition) is 4. The first kappa shape index (κ1) is 25.3. The Bertz CT molecular complexity index is 1110. The molecular formula is C23H24F4N4S. The van der Waals surface area contributed by atoms with Gasteiger partial charge < -0.3 is 0 Å². The van der Waals surface area contributed by atoms with E-state index in [1.54, 1.807) is 36.9 Å². The first-order valence-corrected chi connectivity index (χ1v) is 11.1. The number of aromatic nitrogens is 2. The first-order chi connectivity index (χ1) is 15.3. The molecule has 4 nitrogen and oxygen atoms in total. The van der Waals surface area contributed by atoms with Crippen molar-refractivity contribution in [2.45, 2.75) is 26.4 Å². The van der Waals surface area contributed by atoms with Crippen molar-refractivity contribution in [2.75, 3.05) is 12.1 Å². The fraction of sp³-hybridized carbons (Fsp3) is 0.261. The van der Waals surface area contributed by atoms with Crippen LogP contribution in [0.4, 0.5) is 17.6 Å². The third kappa shape index (κ3) is 6.29. The smallest absolute Gasteiger partial charge is 0.287 e. The molecule has 1 aliphatic rings. The Morgan fingerprint density at radius 1 is 1.25 bits per heavy atom. The summed E-state index contributed by atoms with van der Waals surface area (Å²) in [5.41, 5.74) is 1.71. The number of fused-ring (bicyclic) bond motifs is 1. The highest BCUT2D eigenvalue weighted by Gasteiger charge is 2.31. The lowest BCUT2D eigenvalue weighted by Gasteiger charge is -2.07. The first-order valence-electron chi connectivity index (χ1n) is 9.67. The number of pyridine rings is 1. The molecule has 0 amide bonds. The second-order valence-corrected chi connectivity index (χ2v) is 7.31. The number of rotatable bonds is 5. The molecule has 2 heterocycles. The van der Waals surface area contributed by atoms with E-state index in [1.807, 2.05) is 19.4 Å². The fourth-order valence-electron chi connectivity index (χ4n) is 2.91. The second kappa shape index (κ2) is 11.6. The van der Waals surface area contributed by atoms with E-state index in [9.17, 15) is 17.6 Å². The zero-order valence-corrected chi connectivity index (χ0v) is 18.8. The lowest BCUT2D eigenvalue weighted by atomic mass is 10.0. The minimum absolute atomic E-state index is 0.349. The monoisotopic (exact) mass is 464 g/mol. The van der Waals surface area contributed by atoms with Gasteiger partial charge in [0.05, 0.1) is 28.2 Å². The highest BCUT2D eigenvalue weighted by Crippen LogP contribution is 2.34. The van der Waals surface area contributed by atoms with Crippen molar-refractivity contribution in [3.63, 3.8) is 0 Å². The Kier molecular flexibility index (Phi) is 9.19. The number of nitrogens with zero attached hydrogens (tertiary/aromatic N) is 4. The topological polar surface area (TPSA) is 42.0 Å². The van der Waals surface area contributed by atoms with Gasteiger partial charge in [-0.25, -0.2) is 8.91 Å². The minimum Gasteiger partial charge on any atom is -0.287 e. The van der Waals surface area contributed by atoms with Crippen LogP contribution in [0.5, 0.6) is 0 Å². The van der Waals surface area contributed by atoms with Gasteiger partial charge >= 0.3 is 6.18 Å². The van der Waals surface area contributed by atoms with Crippen molar-refractivity contribution < 1.29 is 17.6 Å². The average Bonchev–Trinajstić information content (AvgIpc) is 3.00. The molecule has 2 aromatic rings. The third-order valence-electron chi connectivity index (χ3n) is 4.39. The maximum atomic E-state index is 13.5. The summed E-state index contributed by atoms with van der Waals surface area (Å²) >= 11 is 1.73. The van der Waals surface area contributed by atoms with Crippen LogP contribution in [0.15, 0.2) is 64.5 Å². The molecule has 0 atom stereocenters. The summed E-state index contributed by atoms with van der Waals surface area (Å²) in [6, 6.07) is 2.35. The molecule has 170 valence electrons. The molecule has 0 spiro atoms. The highest BCUT2D eigenvalue weighted by molar-refractivity contribution is 7.98. The number of aliphatic imine (C=N–C) groups is 2. The van der Waals surface area contributed by atoms with Crippen LogP contribution in [0, 0.1) is 0 Å². The van der Waals surface area contributed by atoms with Crippen molar-refractivity contribution in [2.24, 2.45) is 9.98 Å². The van der Waals surface area contributed by atoms with Gasteiger partial charge in [0.15, 0.2) is 0 Å². The van der Waals surface area contributed by atoms with Crippen molar-refractivity contribution in [3.8, 4) is 0 Å². The molecule has 1 aliphatic carbocycles. The predicted octanol–water partition coefficient (Wildman–Crippen LogP) is 7.01. The van der Waals surface area contributed by atoms with Crippen molar-refractivity contribution in [1.29, 1.82) is 0 Å². The largest absolute Gasteiger partial charge is 0.417 e. The van der Waals surface area contributed by atoms with Gasteiger partial charge in [0.2, 0.25) is 0 Å². The number of alkyl halides is 3. The molecule has 0 aliphatic heterocycles. The number of hydrogen-bond donors (Lipinski definition) is 0. The van der Waals surface area contributed by atoms with Gasteiger partial charge in [-0.2, -0.15) is 18.3 Å². The van der Waals surface area contributed by atoms with Gasteiger partial charge in [-0.15, -0.1) is 11.8 Å². The van der Waals surface area contributed by atoms with Gasteiger partial charge in [0.1, 0.15) is 11.5 Å². The summed E-state index contributed by atoms with van der Waals surface area (Å²) in [5.74, 6) is 0.519. The Hall–Kier alpha value is -2.94. The molecule has 9 heteroatoms. The van der Waals surface area contributed by atoms with Crippen LogP contribution in [-0.4, -0.2) is 34.7 Å². The molecule has 0 radical (unpaired) electrons. The van der Waals surface area contributed by atoms with E-state index in [-0.39, 0.29) is 5.83 Å². The van der Waals surface area contributed by atoms with Crippen LogP contribution >= 0.6 is 11.8 Å². The van der Waals surface area contributed by atoms with Gasteiger partial charge in [0.25, 0.3) is 0 Å². The van der Waals surface area contributed by atoms with E-state index in [0.29, 0.717) is 34.5 Å². The van der Waals surface area contributed by atoms with Crippen LogP contribution < -0.4 is 0 Å². The normalized spacial score (nSPS) is 14.7. The van der Waals surface area contributed by atoms with Gasteiger partial charge in [-0.05, 0) is 69.3 Å². The zero-order valence-electron chi connectivity index (χ0n) is 18.0. The van der Waals surface area contributed by atoms with E-state index in [1.165, 1.54) is 22.7 Å². The van der Waals surface area contributed by atoms with Gasteiger partial charge in [-0.3, -0.25) is 9.98 Å². The molecule has 0 aromatic carbocycles. The van der Waals surface area contributed by atoms with Crippen LogP contribution in [0.1, 0.15) is 37.1 Å². The Morgan fingerprint density at radius 3 is 2.56 bits per heavy atom. The number of allylic oxidation sites excluding steroid dienone is 7. The Balaban J connectivity index is 0.000000534. The molecule has 0 bridgehead atoms. The standard InChI is InChI=1S/C19H15F4N3.C4H9NS/c1-3-15(24-2)17-16-10-8-13(19(21,22)23)11-26(16)25-18(17)12-5-4-6-14(20)9-7-12;1-3-5-4-6-2/h3,5-11H,2,4H2,1H3;3H,4H2,1-2H3/b15-3-;5-3-. The van der Waals surface area contributed by atoms with Crippen molar-refractivity contribution in [3.05, 3.63) is 71.4 Å². The summed E-state index contributed by atoms with van der Waals surface area (Å²) < 4.78 is 53.7. The molecule has 0 fully saturated rings. The number of halogens is 4. The number of thioether (sulfide) groups is 1. The lowest BCUT2D eigenvalue weighted by molar-refractivity contribution is -0.137. The maximum Gasteiger partial charge on any atom is 0.417 e. The highest BCUT2D eigenvalue weighted by atomic mass is 32.2. The van der Waals surface area contributed by atoms with Crippen molar-refractivity contribution >= 4 is 41.5 Å². The van der Waals surface area contributed by atoms with Crippen LogP contribution in [0.2, 0.25) is 0 Å². The summed E-state index contributed by atoms with van der Waals surface area (Å²) in [6.45, 7) is 7.20. The van der Waals surface area contributed by atoms with E-state index in [2.05, 4.69) is 21.8 Å². The van der Waals surface area contributed by atoms with Gasteiger partial charge in [0, 0.05) is 6.20 Å². The molecule has 0 saturated heterocycles. The zero-order chi connectivity index (χ0) is 23.7. The minimum atomic E-state index is -4.48. The maximum absolute atomic E-state index is 13.5. The fourth-order valence-corrected chi connectivity index (χ4v) is 3.21. The van der Waals surface area contributed by atoms with Crippen LogP contribution in [0.3, 0.4) is 0 Å². The van der Waals surface area contributed by atoms with E-state index < -0.39 is 11.7 Å². The third-order valence-corrected chi connectivity index (χ3v) is 4.80. The van der Waals surface area contributed by atoms with Gasteiger partial charge in [-0.1, -0.05) is 18.2 Å². The summed E-state index contributed by atoms with van der Waals surface area (Å²) in [6.07, 6.45) is 8.36. The Morgan fingerprint density at radius 2 is 2.00 bits per heavy atom. The summed E-state index contributed by atoms with van der Waals surface area (Å²) in [4.78, 5) is 7.89. The SMILES string of the molecule is C/C=N\CSC.C=N/C(=C\C)c1c(C2=CCC=C(F)C=C2)nn2cc(C(F)(F)F)ccc12. The molecule has 0 unspecified atom stereocenters. The summed E-state index contributed by atoms with van der Waals surface area (Å²) in [7, 11) is 0. The Labute approximate surface area is 188 Å². The quantitative estimate of drug-likeness (QED) is 0.353. The van der Waals surface area contributed by atoms with E-state index in [0.717, 1.165) is 18.1 Å². The van der Waals surface area contributed by atoms with E-state index >= 15 is 0 Å². The predicted molar refractivity (Wildman–Crippen MR) is 127 cm³/mol. The molecule has 32 heavy (non-hydrogen) atoms. The van der Waals surface area contributed by atoms with Crippen LogP contribution in [0.25, 0.3) is 16.8 Å². The second-order valence-electron chi connectivity index (χ2n) is 6.48. The molecular weight excluding hydrogens is 440 g/mol. The van der Waals surface area contributed by atoms with Crippen LogP contribution in [-0.2, 0) is 6.18 Å².